The molecule has 0 amide bonds. The Balaban J connectivity index is 2.30. The molecule has 0 aliphatic heterocycles. The van der Waals surface area contributed by atoms with E-state index >= 15 is 0 Å². The monoisotopic (exact) mass is 286 g/mol. The fraction of sp³-hybridized carbons (Fsp3) is 0.231. The molecule has 0 bridgehead atoms. The van der Waals surface area contributed by atoms with Gasteiger partial charge in [-0.25, -0.2) is 9.98 Å². The van der Waals surface area contributed by atoms with Gasteiger partial charge in [0.05, 0.1) is 5.69 Å². The van der Waals surface area contributed by atoms with E-state index in [-0.39, 0.29) is 0 Å². The number of nitrogens with zero attached hydrogens (tertiary/aromatic N) is 4. The molecule has 0 saturated heterocycles. The number of aromatic amines is 1. The normalized spacial score (nSPS) is 11.2. The van der Waals surface area contributed by atoms with E-state index in [0.29, 0.717) is 11.0 Å². The third kappa shape index (κ3) is 3.36. The van der Waals surface area contributed by atoms with Crippen LogP contribution in [0.2, 0.25) is 0 Å². The average molecular weight is 286 g/mol. The Kier molecular flexibility index (Phi) is 4.74. The first-order valence-corrected chi connectivity index (χ1v) is 7.28. The van der Waals surface area contributed by atoms with Crippen LogP contribution in [0.1, 0.15) is 12.7 Å². The molecule has 0 fully saturated rings. The van der Waals surface area contributed by atoms with Crippen LogP contribution in [-0.2, 0) is 6.42 Å². The van der Waals surface area contributed by atoms with Gasteiger partial charge in [-0.2, -0.15) is 10.4 Å². The smallest absolute Gasteiger partial charge is 0.183 e. The molecule has 0 saturated carbocycles. The number of aryl methyl sites for hydroxylation is 1. The summed E-state index contributed by atoms with van der Waals surface area (Å²) in [4.78, 5) is 8.75. The van der Waals surface area contributed by atoms with Crippen molar-refractivity contribution >= 4 is 22.6 Å². The molecule has 0 atom stereocenters. The summed E-state index contributed by atoms with van der Waals surface area (Å²) in [6.07, 6.45) is 4.53. The molecule has 6 nitrogen and oxygen atoms in total. The largest absolute Gasteiger partial charge is 0.271 e. The highest BCUT2D eigenvalue weighted by Crippen LogP contribution is 2.22. The number of H-pyrrole nitrogens is 1. The molecule has 102 valence electrons. The lowest BCUT2D eigenvalue weighted by Gasteiger charge is -2.01. The second-order valence-corrected chi connectivity index (χ2v) is 4.66. The van der Waals surface area contributed by atoms with E-state index in [1.54, 1.807) is 0 Å². The van der Waals surface area contributed by atoms with Crippen LogP contribution in [0.4, 0.5) is 5.69 Å². The van der Waals surface area contributed by atoms with Crippen LogP contribution < -0.4 is 5.32 Å². The van der Waals surface area contributed by atoms with Crippen LogP contribution in [0.3, 0.4) is 0 Å². The van der Waals surface area contributed by atoms with Crippen molar-refractivity contribution in [2.75, 3.05) is 6.26 Å². The Morgan fingerprint density at radius 3 is 3.05 bits per heavy atom. The molecule has 2 rings (SSSR count). The Morgan fingerprint density at radius 2 is 2.40 bits per heavy atom. The predicted octanol–water partition coefficient (Wildman–Crippen LogP) is 2.46. The number of aliphatic imine (C=N–C) groups is 1. The minimum atomic E-state index is 0.550. The van der Waals surface area contributed by atoms with E-state index in [1.165, 1.54) is 11.8 Å². The Labute approximate surface area is 121 Å². The number of hydrogen-bond donors (Lipinski definition) is 2. The maximum Gasteiger partial charge on any atom is 0.183 e. The first-order chi connectivity index (χ1) is 9.76. The maximum absolute atomic E-state index is 8.63. The van der Waals surface area contributed by atoms with Crippen LogP contribution in [0, 0.1) is 11.5 Å². The number of nitriles is 1. The van der Waals surface area contributed by atoms with Crippen molar-refractivity contribution in [3.8, 4) is 17.6 Å². The van der Waals surface area contributed by atoms with Crippen molar-refractivity contribution in [3.63, 3.8) is 0 Å². The molecular formula is C13H14N6S. The van der Waals surface area contributed by atoms with Gasteiger partial charge in [-0.05, 0) is 18.4 Å². The zero-order valence-electron chi connectivity index (χ0n) is 11.2. The lowest BCUT2D eigenvalue weighted by Crippen LogP contribution is -2.12. The van der Waals surface area contributed by atoms with Gasteiger partial charge in [-0.15, -0.1) is 0 Å². The van der Waals surface area contributed by atoms with E-state index in [9.17, 15) is 0 Å². The van der Waals surface area contributed by atoms with Gasteiger partial charge in [0.2, 0.25) is 0 Å². The highest BCUT2D eigenvalue weighted by Gasteiger charge is 2.05. The van der Waals surface area contributed by atoms with Gasteiger partial charge in [-0.1, -0.05) is 30.8 Å². The molecule has 0 unspecified atom stereocenters. The number of aromatic nitrogens is 3. The van der Waals surface area contributed by atoms with Crippen molar-refractivity contribution in [2.45, 2.75) is 13.3 Å². The third-order valence-corrected chi connectivity index (χ3v) is 3.14. The van der Waals surface area contributed by atoms with E-state index < -0.39 is 0 Å². The number of thioether (sulfide) groups is 1. The lowest BCUT2D eigenvalue weighted by atomic mass is 10.2. The average Bonchev–Trinajstić information content (AvgIpc) is 2.96. The molecule has 20 heavy (non-hydrogen) atoms. The standard InChI is InChI=1S/C13H14N6S/c1-3-11-17-12(19-18-11)9-5-4-6-10(7-9)16-13(20-2)15-8-14/h4-7H,3H2,1-2H3,(H,15,16)(H,17,18,19). The van der Waals surface area contributed by atoms with Crippen molar-refractivity contribution in [2.24, 2.45) is 4.99 Å². The fourth-order valence-electron chi connectivity index (χ4n) is 1.59. The molecule has 0 spiro atoms. The first-order valence-electron chi connectivity index (χ1n) is 6.06. The van der Waals surface area contributed by atoms with Gasteiger partial charge in [0, 0.05) is 12.0 Å². The van der Waals surface area contributed by atoms with Gasteiger partial charge in [0.15, 0.2) is 17.2 Å². The molecule has 2 aromatic rings. The van der Waals surface area contributed by atoms with Crippen molar-refractivity contribution < 1.29 is 0 Å². The number of hydrogen-bond acceptors (Lipinski definition) is 5. The van der Waals surface area contributed by atoms with Crippen LogP contribution in [-0.4, -0.2) is 26.6 Å². The number of rotatable bonds is 3. The molecular weight excluding hydrogens is 272 g/mol. The third-order valence-electron chi connectivity index (χ3n) is 2.56. The van der Waals surface area contributed by atoms with Crippen LogP contribution in [0.25, 0.3) is 11.4 Å². The van der Waals surface area contributed by atoms with Gasteiger partial charge in [0.25, 0.3) is 0 Å². The predicted molar refractivity (Wildman–Crippen MR) is 80.6 cm³/mol. The number of nitrogens with one attached hydrogen (secondary N) is 2. The van der Waals surface area contributed by atoms with Gasteiger partial charge < -0.3 is 0 Å². The molecule has 0 aliphatic carbocycles. The quantitative estimate of drug-likeness (QED) is 0.391. The highest BCUT2D eigenvalue weighted by atomic mass is 32.2. The van der Waals surface area contributed by atoms with Crippen molar-refractivity contribution in [3.05, 3.63) is 30.1 Å². The topological polar surface area (TPSA) is 89.8 Å². The first kappa shape index (κ1) is 14.1. The highest BCUT2D eigenvalue weighted by molar-refractivity contribution is 8.13. The Morgan fingerprint density at radius 1 is 1.55 bits per heavy atom. The summed E-state index contributed by atoms with van der Waals surface area (Å²) in [7, 11) is 0. The summed E-state index contributed by atoms with van der Waals surface area (Å²) in [6.45, 7) is 2.02. The zero-order valence-corrected chi connectivity index (χ0v) is 12.0. The van der Waals surface area contributed by atoms with Gasteiger partial charge in [-0.3, -0.25) is 10.4 Å². The van der Waals surface area contributed by atoms with Gasteiger partial charge >= 0.3 is 0 Å². The minimum absolute atomic E-state index is 0.550. The maximum atomic E-state index is 8.63. The summed E-state index contributed by atoms with van der Waals surface area (Å²) in [6, 6.07) is 7.57. The van der Waals surface area contributed by atoms with Crippen molar-refractivity contribution in [1.82, 2.24) is 20.5 Å². The molecule has 2 N–H and O–H groups in total. The van der Waals surface area contributed by atoms with E-state index in [4.69, 9.17) is 5.26 Å². The Hall–Kier alpha value is -2.33. The van der Waals surface area contributed by atoms with E-state index in [0.717, 1.165) is 23.5 Å². The number of amidine groups is 1. The summed E-state index contributed by atoms with van der Waals surface area (Å²) in [5.41, 5.74) is 1.64. The number of benzene rings is 1. The fourth-order valence-corrected chi connectivity index (χ4v) is 1.93. The van der Waals surface area contributed by atoms with Crippen LogP contribution in [0.15, 0.2) is 29.3 Å². The molecule has 0 aliphatic rings. The second-order valence-electron chi connectivity index (χ2n) is 3.87. The Bertz CT molecular complexity index is 655. The SMILES string of the molecule is CCc1nc(-c2cccc(N=C(NC#N)SC)c2)n[nH]1. The zero-order chi connectivity index (χ0) is 14.4. The van der Waals surface area contributed by atoms with Crippen LogP contribution in [0.5, 0.6) is 0 Å². The molecule has 1 aromatic heterocycles. The lowest BCUT2D eigenvalue weighted by molar-refractivity contribution is 0.946. The molecule has 1 heterocycles. The van der Waals surface area contributed by atoms with E-state index in [2.05, 4.69) is 25.5 Å². The summed E-state index contributed by atoms with van der Waals surface area (Å²) >= 11 is 1.38. The summed E-state index contributed by atoms with van der Waals surface area (Å²) in [5.74, 6) is 1.50. The van der Waals surface area contributed by atoms with Gasteiger partial charge in [0.1, 0.15) is 5.82 Å². The summed E-state index contributed by atoms with van der Waals surface area (Å²) in [5, 5.41) is 18.8. The molecule has 0 radical (unpaired) electrons. The van der Waals surface area contributed by atoms with Crippen molar-refractivity contribution in [1.29, 1.82) is 5.26 Å². The van der Waals surface area contributed by atoms with E-state index in [1.807, 2.05) is 43.6 Å². The van der Waals surface area contributed by atoms with Crippen LogP contribution >= 0.6 is 11.8 Å². The summed E-state index contributed by atoms with van der Waals surface area (Å²) < 4.78 is 0. The molecule has 1 aromatic carbocycles. The molecule has 7 heteroatoms. The second kappa shape index (κ2) is 6.73. The minimum Gasteiger partial charge on any atom is -0.271 e.